The first-order valence-corrected chi connectivity index (χ1v) is 4.28. The van der Waals surface area contributed by atoms with Crippen molar-refractivity contribution >= 4 is 11.7 Å². The fourth-order valence-corrected chi connectivity index (χ4v) is 1.07. The highest BCUT2D eigenvalue weighted by atomic mass is 16.6. The molecule has 15 heavy (non-hydrogen) atoms. The van der Waals surface area contributed by atoms with Crippen molar-refractivity contribution < 1.29 is 14.1 Å². The van der Waals surface area contributed by atoms with Gasteiger partial charge in [0.15, 0.2) is 5.76 Å². The highest BCUT2D eigenvalue weighted by Gasteiger charge is 2.23. The lowest BCUT2D eigenvalue weighted by atomic mass is 10.0. The van der Waals surface area contributed by atoms with Crippen LogP contribution in [0.4, 0.5) is 5.88 Å². The van der Waals surface area contributed by atoms with Crippen LogP contribution in [-0.2, 0) is 0 Å². The van der Waals surface area contributed by atoms with E-state index < -0.39 is 22.5 Å². The van der Waals surface area contributed by atoms with Crippen molar-refractivity contribution in [3.05, 3.63) is 28.0 Å². The number of rotatable bonds is 4. The number of ketones is 1. The van der Waals surface area contributed by atoms with Crippen molar-refractivity contribution in [2.45, 2.75) is 13.3 Å². The van der Waals surface area contributed by atoms with Crippen LogP contribution in [0.25, 0.3) is 0 Å². The third kappa shape index (κ3) is 2.20. The quantitative estimate of drug-likeness (QED) is 0.427. The van der Waals surface area contributed by atoms with Gasteiger partial charge in [-0.05, 0) is 12.5 Å². The van der Waals surface area contributed by atoms with Crippen LogP contribution in [0.2, 0.25) is 0 Å². The van der Waals surface area contributed by atoms with Crippen LogP contribution >= 0.6 is 0 Å². The topological polar surface area (TPSA) is 97.1 Å². The summed E-state index contributed by atoms with van der Waals surface area (Å²) in [6.45, 7) is 1.68. The second kappa shape index (κ2) is 4.37. The van der Waals surface area contributed by atoms with Gasteiger partial charge < -0.3 is 4.42 Å². The van der Waals surface area contributed by atoms with Crippen LogP contribution in [0.3, 0.4) is 0 Å². The maximum absolute atomic E-state index is 11.5. The monoisotopic (exact) mass is 208 g/mol. The third-order valence-electron chi connectivity index (χ3n) is 1.90. The van der Waals surface area contributed by atoms with Crippen LogP contribution in [0, 0.1) is 27.4 Å². The molecule has 1 aromatic rings. The molecule has 0 aromatic carbocycles. The van der Waals surface area contributed by atoms with Crippen molar-refractivity contribution in [2.75, 3.05) is 0 Å². The Labute approximate surface area is 85.3 Å². The van der Waals surface area contributed by atoms with Gasteiger partial charge >= 0.3 is 5.88 Å². The maximum Gasteiger partial charge on any atom is 0.433 e. The van der Waals surface area contributed by atoms with E-state index >= 15 is 0 Å². The van der Waals surface area contributed by atoms with Crippen LogP contribution < -0.4 is 0 Å². The molecule has 0 bridgehead atoms. The molecular formula is C9H8N2O4. The van der Waals surface area contributed by atoms with Crippen molar-refractivity contribution in [2.24, 2.45) is 5.92 Å². The molecule has 0 saturated carbocycles. The zero-order valence-electron chi connectivity index (χ0n) is 7.97. The number of carbonyl (C=O) groups is 1. The van der Waals surface area contributed by atoms with E-state index in [2.05, 4.69) is 0 Å². The normalized spacial score (nSPS) is 11.7. The number of hydrogen-bond acceptors (Lipinski definition) is 5. The van der Waals surface area contributed by atoms with Gasteiger partial charge in [0.05, 0.1) is 12.1 Å². The molecule has 6 heteroatoms. The molecular weight excluding hydrogens is 200 g/mol. The summed E-state index contributed by atoms with van der Waals surface area (Å²) in [7, 11) is 0. The molecule has 0 spiro atoms. The lowest BCUT2D eigenvalue weighted by Gasteiger charge is -1.99. The van der Waals surface area contributed by atoms with Crippen LogP contribution in [0.15, 0.2) is 16.5 Å². The Morgan fingerprint density at radius 1 is 1.73 bits per heavy atom. The lowest BCUT2D eigenvalue weighted by molar-refractivity contribution is -0.402. The highest BCUT2D eigenvalue weighted by Crippen LogP contribution is 2.19. The van der Waals surface area contributed by atoms with Gasteiger partial charge in [-0.2, -0.15) is 5.26 Å². The second-order valence-corrected chi connectivity index (χ2v) is 2.85. The van der Waals surface area contributed by atoms with E-state index in [1.54, 1.807) is 6.92 Å². The number of furan rings is 1. The maximum atomic E-state index is 11.5. The summed E-state index contributed by atoms with van der Waals surface area (Å²) in [6, 6.07) is 4.11. The molecule has 0 aliphatic carbocycles. The van der Waals surface area contributed by atoms with Gasteiger partial charge in [-0.3, -0.25) is 14.9 Å². The molecule has 1 rings (SSSR count). The average Bonchev–Trinajstić information content (AvgIpc) is 2.68. The minimum atomic E-state index is -0.809. The predicted molar refractivity (Wildman–Crippen MR) is 49.1 cm³/mol. The Bertz CT molecular complexity index is 430. The Kier molecular flexibility index (Phi) is 3.18. The third-order valence-corrected chi connectivity index (χ3v) is 1.90. The highest BCUT2D eigenvalue weighted by molar-refractivity contribution is 5.97. The molecule has 1 heterocycles. The van der Waals surface area contributed by atoms with Crippen molar-refractivity contribution in [3.8, 4) is 6.07 Å². The molecule has 0 aliphatic heterocycles. The number of carbonyl (C=O) groups excluding carboxylic acids is 1. The molecule has 0 radical (unpaired) electrons. The Morgan fingerprint density at radius 3 is 2.80 bits per heavy atom. The van der Waals surface area contributed by atoms with Gasteiger partial charge in [0.1, 0.15) is 10.8 Å². The van der Waals surface area contributed by atoms with Crippen molar-refractivity contribution in [1.29, 1.82) is 5.26 Å². The lowest BCUT2D eigenvalue weighted by Crippen LogP contribution is -2.10. The standard InChI is InChI=1S/C9H8N2O4/c1-2-6(5-10)9(12)7-3-4-8(15-7)11(13)14/h3-4,6H,2H2,1H3. The molecule has 1 atom stereocenters. The number of Topliss-reactive ketones (excluding diaryl/α,β-unsaturated/α-hetero) is 1. The molecule has 78 valence electrons. The second-order valence-electron chi connectivity index (χ2n) is 2.85. The zero-order chi connectivity index (χ0) is 11.4. The van der Waals surface area contributed by atoms with Gasteiger partial charge in [-0.15, -0.1) is 0 Å². The van der Waals surface area contributed by atoms with Gasteiger partial charge in [0.2, 0.25) is 5.78 Å². The first-order valence-electron chi connectivity index (χ1n) is 4.28. The van der Waals surface area contributed by atoms with E-state index in [-0.39, 0.29) is 5.76 Å². The molecule has 1 aromatic heterocycles. The first-order chi connectivity index (χ1) is 7.10. The summed E-state index contributed by atoms with van der Waals surface area (Å²) in [4.78, 5) is 21.1. The zero-order valence-corrected chi connectivity index (χ0v) is 7.97. The van der Waals surface area contributed by atoms with E-state index in [1.807, 2.05) is 6.07 Å². The van der Waals surface area contributed by atoms with E-state index in [0.717, 1.165) is 6.07 Å². The molecule has 0 amide bonds. The minimum absolute atomic E-state index is 0.143. The molecule has 0 fully saturated rings. The van der Waals surface area contributed by atoms with Gasteiger partial charge in [-0.25, -0.2) is 0 Å². The summed E-state index contributed by atoms with van der Waals surface area (Å²) in [5.41, 5.74) is 0. The largest absolute Gasteiger partial charge is 0.433 e. The van der Waals surface area contributed by atoms with Crippen LogP contribution in [0.5, 0.6) is 0 Å². The summed E-state index contributed by atoms with van der Waals surface area (Å²) in [6.07, 6.45) is 0.351. The smallest absolute Gasteiger partial charge is 0.397 e. The van der Waals surface area contributed by atoms with E-state index in [1.165, 1.54) is 6.07 Å². The van der Waals surface area contributed by atoms with Gasteiger partial charge in [0.25, 0.3) is 0 Å². The fourth-order valence-electron chi connectivity index (χ4n) is 1.07. The Morgan fingerprint density at radius 2 is 2.40 bits per heavy atom. The van der Waals surface area contributed by atoms with E-state index in [0.29, 0.717) is 6.42 Å². The first kappa shape index (κ1) is 10.9. The Balaban J connectivity index is 2.93. The van der Waals surface area contributed by atoms with Crippen LogP contribution in [0.1, 0.15) is 23.9 Å². The number of nitro groups is 1. The van der Waals surface area contributed by atoms with Crippen molar-refractivity contribution in [3.63, 3.8) is 0 Å². The summed E-state index contributed by atoms with van der Waals surface area (Å²) < 4.78 is 4.69. The Hall–Kier alpha value is -2.16. The van der Waals surface area contributed by atoms with Crippen LogP contribution in [-0.4, -0.2) is 10.7 Å². The van der Waals surface area contributed by atoms with E-state index in [4.69, 9.17) is 9.68 Å². The molecule has 0 N–H and O–H groups in total. The molecule has 6 nitrogen and oxygen atoms in total. The minimum Gasteiger partial charge on any atom is -0.397 e. The average molecular weight is 208 g/mol. The summed E-state index contributed by atoms with van der Waals surface area (Å²) in [5.74, 6) is -1.97. The predicted octanol–water partition coefficient (Wildman–Crippen LogP) is 1.92. The SMILES string of the molecule is CCC(C#N)C(=O)c1ccc([N+](=O)[O-])o1. The molecule has 1 unspecified atom stereocenters. The van der Waals surface area contributed by atoms with Crippen molar-refractivity contribution in [1.82, 2.24) is 0 Å². The fraction of sp³-hybridized carbons (Fsp3) is 0.333. The van der Waals surface area contributed by atoms with Gasteiger partial charge in [0, 0.05) is 0 Å². The number of nitriles is 1. The van der Waals surface area contributed by atoms with E-state index in [9.17, 15) is 14.9 Å². The van der Waals surface area contributed by atoms with Gasteiger partial charge in [-0.1, -0.05) is 6.92 Å². The summed E-state index contributed by atoms with van der Waals surface area (Å²) in [5, 5.41) is 18.9. The summed E-state index contributed by atoms with van der Waals surface area (Å²) >= 11 is 0. The molecule has 0 aliphatic rings. The number of nitrogens with zero attached hydrogens (tertiary/aromatic N) is 2. The molecule has 0 saturated heterocycles. The number of hydrogen-bond donors (Lipinski definition) is 0.